The van der Waals surface area contributed by atoms with Gasteiger partial charge >= 0.3 is 0 Å². The molecule has 2 rings (SSSR count). The highest BCUT2D eigenvalue weighted by atomic mass is 19.1. The van der Waals surface area contributed by atoms with Crippen LogP contribution in [0.4, 0.5) is 4.39 Å². The summed E-state index contributed by atoms with van der Waals surface area (Å²) < 4.78 is 13.5. The van der Waals surface area contributed by atoms with Crippen LogP contribution >= 0.6 is 0 Å². The van der Waals surface area contributed by atoms with Crippen LogP contribution in [0.3, 0.4) is 0 Å². The molecule has 1 N–H and O–H groups in total. The van der Waals surface area contributed by atoms with Crippen molar-refractivity contribution in [2.45, 2.75) is 26.1 Å². The third kappa shape index (κ3) is 1.73. The SMILES string of the molecule is Cc1ccc2c(c1)CNCCC2F. The van der Waals surface area contributed by atoms with E-state index in [-0.39, 0.29) is 0 Å². The Kier molecular flexibility index (Phi) is 2.32. The predicted molar refractivity (Wildman–Crippen MR) is 51.4 cm³/mol. The fourth-order valence-electron chi connectivity index (χ4n) is 1.80. The first-order chi connectivity index (χ1) is 6.27. The van der Waals surface area contributed by atoms with Crippen molar-refractivity contribution in [1.82, 2.24) is 5.32 Å². The Morgan fingerprint density at radius 1 is 1.46 bits per heavy atom. The highest BCUT2D eigenvalue weighted by Gasteiger charge is 2.16. The number of hydrogen-bond acceptors (Lipinski definition) is 1. The van der Waals surface area contributed by atoms with Gasteiger partial charge in [0.05, 0.1) is 0 Å². The molecule has 1 aliphatic heterocycles. The van der Waals surface area contributed by atoms with Crippen LogP contribution in [0.15, 0.2) is 18.2 Å². The van der Waals surface area contributed by atoms with Gasteiger partial charge in [0.25, 0.3) is 0 Å². The Bertz CT molecular complexity index is 309. The molecule has 0 amide bonds. The number of halogens is 1. The maximum absolute atomic E-state index is 13.5. The van der Waals surface area contributed by atoms with Crippen LogP contribution in [0.1, 0.15) is 29.3 Å². The second-order valence-electron chi connectivity index (χ2n) is 3.64. The zero-order valence-corrected chi connectivity index (χ0v) is 7.81. The Labute approximate surface area is 78.0 Å². The topological polar surface area (TPSA) is 12.0 Å². The van der Waals surface area contributed by atoms with E-state index >= 15 is 0 Å². The molecule has 1 atom stereocenters. The number of benzene rings is 1. The largest absolute Gasteiger partial charge is 0.313 e. The van der Waals surface area contributed by atoms with E-state index in [1.54, 1.807) is 0 Å². The summed E-state index contributed by atoms with van der Waals surface area (Å²) in [6.45, 7) is 3.62. The highest BCUT2D eigenvalue weighted by molar-refractivity contribution is 5.33. The van der Waals surface area contributed by atoms with Crippen molar-refractivity contribution in [3.63, 3.8) is 0 Å². The van der Waals surface area contributed by atoms with E-state index in [1.807, 2.05) is 19.1 Å². The molecule has 1 aliphatic rings. The zero-order chi connectivity index (χ0) is 9.26. The zero-order valence-electron chi connectivity index (χ0n) is 7.81. The summed E-state index contributed by atoms with van der Waals surface area (Å²) in [5, 5.41) is 3.22. The van der Waals surface area contributed by atoms with Crippen LogP contribution in [0.5, 0.6) is 0 Å². The molecule has 2 heteroatoms. The molecule has 1 heterocycles. The van der Waals surface area contributed by atoms with E-state index in [2.05, 4.69) is 11.4 Å². The summed E-state index contributed by atoms with van der Waals surface area (Å²) in [5.74, 6) is 0. The first-order valence-electron chi connectivity index (χ1n) is 4.71. The molecule has 0 bridgehead atoms. The van der Waals surface area contributed by atoms with Gasteiger partial charge in [-0.05, 0) is 31.0 Å². The molecule has 0 fully saturated rings. The van der Waals surface area contributed by atoms with Gasteiger partial charge in [-0.25, -0.2) is 4.39 Å². The van der Waals surface area contributed by atoms with Gasteiger partial charge in [0, 0.05) is 6.54 Å². The van der Waals surface area contributed by atoms with Crippen LogP contribution in [-0.4, -0.2) is 6.54 Å². The van der Waals surface area contributed by atoms with Crippen molar-refractivity contribution >= 4 is 0 Å². The average molecular weight is 179 g/mol. The van der Waals surface area contributed by atoms with E-state index in [0.717, 1.165) is 24.2 Å². The molecule has 1 aromatic carbocycles. The average Bonchev–Trinajstić information content (AvgIpc) is 2.28. The van der Waals surface area contributed by atoms with Crippen molar-refractivity contribution in [2.24, 2.45) is 0 Å². The summed E-state index contributed by atoms with van der Waals surface area (Å²) in [7, 11) is 0. The molecule has 0 radical (unpaired) electrons. The number of alkyl halides is 1. The van der Waals surface area contributed by atoms with Gasteiger partial charge < -0.3 is 5.32 Å². The van der Waals surface area contributed by atoms with Gasteiger partial charge in [0.15, 0.2) is 0 Å². The Morgan fingerprint density at radius 3 is 3.15 bits per heavy atom. The number of hydrogen-bond donors (Lipinski definition) is 1. The van der Waals surface area contributed by atoms with Gasteiger partial charge in [-0.15, -0.1) is 0 Å². The number of rotatable bonds is 0. The smallest absolute Gasteiger partial charge is 0.127 e. The standard InChI is InChI=1S/C11H14FN/c1-8-2-3-10-9(6-8)7-13-5-4-11(10)12/h2-3,6,11,13H,4-5,7H2,1H3. The van der Waals surface area contributed by atoms with E-state index < -0.39 is 6.17 Å². The third-order valence-electron chi connectivity index (χ3n) is 2.53. The monoisotopic (exact) mass is 179 g/mol. The fourth-order valence-corrected chi connectivity index (χ4v) is 1.80. The van der Waals surface area contributed by atoms with Gasteiger partial charge in [0.1, 0.15) is 6.17 Å². The summed E-state index contributed by atoms with van der Waals surface area (Å²) in [6, 6.07) is 5.97. The lowest BCUT2D eigenvalue weighted by Gasteiger charge is -2.09. The molecule has 70 valence electrons. The first-order valence-corrected chi connectivity index (χ1v) is 4.71. The fraction of sp³-hybridized carbons (Fsp3) is 0.455. The van der Waals surface area contributed by atoms with Gasteiger partial charge in [-0.2, -0.15) is 0 Å². The van der Waals surface area contributed by atoms with Crippen LogP contribution in [0.2, 0.25) is 0 Å². The number of aryl methyl sites for hydroxylation is 1. The Morgan fingerprint density at radius 2 is 2.31 bits per heavy atom. The minimum Gasteiger partial charge on any atom is -0.313 e. The normalized spacial score (nSPS) is 22.2. The second-order valence-corrected chi connectivity index (χ2v) is 3.64. The van der Waals surface area contributed by atoms with Crippen LogP contribution in [0.25, 0.3) is 0 Å². The summed E-state index contributed by atoms with van der Waals surface area (Å²) in [6.07, 6.45) is -0.193. The minimum atomic E-state index is -0.786. The molecule has 0 spiro atoms. The van der Waals surface area contributed by atoms with Crippen molar-refractivity contribution in [1.29, 1.82) is 0 Å². The van der Waals surface area contributed by atoms with Gasteiger partial charge in [-0.3, -0.25) is 0 Å². The van der Waals surface area contributed by atoms with E-state index in [9.17, 15) is 4.39 Å². The molecule has 0 saturated heterocycles. The van der Waals surface area contributed by atoms with Gasteiger partial charge in [0.2, 0.25) is 0 Å². The molecule has 1 nitrogen and oxygen atoms in total. The molecule has 1 aromatic rings. The number of fused-ring (bicyclic) bond motifs is 1. The highest BCUT2D eigenvalue weighted by Crippen LogP contribution is 2.27. The number of nitrogens with one attached hydrogen (secondary N) is 1. The molecule has 0 aliphatic carbocycles. The van der Waals surface area contributed by atoms with E-state index in [1.165, 1.54) is 5.56 Å². The molecule has 0 saturated carbocycles. The van der Waals surface area contributed by atoms with E-state index in [4.69, 9.17) is 0 Å². The summed E-state index contributed by atoms with van der Waals surface area (Å²) in [4.78, 5) is 0. The summed E-state index contributed by atoms with van der Waals surface area (Å²) >= 11 is 0. The lowest BCUT2D eigenvalue weighted by atomic mass is 10.0. The second kappa shape index (κ2) is 3.46. The maximum Gasteiger partial charge on any atom is 0.127 e. The molecular weight excluding hydrogens is 165 g/mol. The minimum absolute atomic E-state index is 0.593. The van der Waals surface area contributed by atoms with Crippen LogP contribution in [-0.2, 0) is 6.54 Å². The first kappa shape index (κ1) is 8.70. The third-order valence-corrected chi connectivity index (χ3v) is 2.53. The predicted octanol–water partition coefficient (Wildman–Crippen LogP) is 2.50. The van der Waals surface area contributed by atoms with Crippen molar-refractivity contribution in [2.75, 3.05) is 6.54 Å². The van der Waals surface area contributed by atoms with Crippen LogP contribution < -0.4 is 5.32 Å². The van der Waals surface area contributed by atoms with E-state index in [0.29, 0.717) is 6.42 Å². The van der Waals surface area contributed by atoms with Crippen molar-refractivity contribution in [3.05, 3.63) is 34.9 Å². The molecule has 0 aromatic heterocycles. The van der Waals surface area contributed by atoms with Crippen LogP contribution in [0, 0.1) is 6.92 Å². The van der Waals surface area contributed by atoms with Crippen molar-refractivity contribution < 1.29 is 4.39 Å². The lowest BCUT2D eigenvalue weighted by Crippen LogP contribution is -2.12. The van der Waals surface area contributed by atoms with Crippen molar-refractivity contribution in [3.8, 4) is 0 Å². The lowest BCUT2D eigenvalue weighted by molar-refractivity contribution is 0.326. The quantitative estimate of drug-likeness (QED) is 0.645. The van der Waals surface area contributed by atoms with Gasteiger partial charge in [-0.1, -0.05) is 23.8 Å². The molecular formula is C11H14FN. The Hall–Kier alpha value is -0.890. The summed E-state index contributed by atoms with van der Waals surface area (Å²) in [5.41, 5.74) is 3.19. The maximum atomic E-state index is 13.5. The molecule has 1 unspecified atom stereocenters. The molecule has 13 heavy (non-hydrogen) atoms. The Balaban J connectivity index is 2.42.